The van der Waals surface area contributed by atoms with E-state index in [9.17, 15) is 14.9 Å². The molecule has 0 aliphatic rings. The van der Waals surface area contributed by atoms with Crippen LogP contribution in [0.1, 0.15) is 21.5 Å². The number of rotatable bonds is 7. The lowest BCUT2D eigenvalue weighted by Crippen LogP contribution is -2.29. The number of nitro groups is 1. The van der Waals surface area contributed by atoms with Crippen LogP contribution in [0.5, 0.6) is 11.5 Å². The van der Waals surface area contributed by atoms with Gasteiger partial charge in [-0.25, -0.2) is 0 Å². The van der Waals surface area contributed by atoms with Gasteiger partial charge in [0, 0.05) is 30.8 Å². The van der Waals surface area contributed by atoms with Crippen molar-refractivity contribution in [1.29, 1.82) is 0 Å². The van der Waals surface area contributed by atoms with Gasteiger partial charge >= 0.3 is 0 Å². The van der Waals surface area contributed by atoms with Gasteiger partial charge in [0.15, 0.2) is 11.5 Å². The average Bonchev–Trinajstić information content (AvgIpc) is 2.65. The summed E-state index contributed by atoms with van der Waals surface area (Å²) in [6.45, 7) is 2.06. The third-order valence-corrected chi connectivity index (χ3v) is 4.26. The molecule has 0 aliphatic heterocycles. The Hall–Kier alpha value is -3.09. The Morgan fingerprint density at radius 1 is 1.15 bits per heavy atom. The van der Waals surface area contributed by atoms with Gasteiger partial charge < -0.3 is 14.4 Å². The maximum atomic E-state index is 12.6. The summed E-state index contributed by atoms with van der Waals surface area (Å²) in [6.07, 6.45) is 0.622. The molecule has 7 nitrogen and oxygen atoms in total. The van der Waals surface area contributed by atoms with Gasteiger partial charge in [-0.3, -0.25) is 14.9 Å². The van der Waals surface area contributed by atoms with Crippen molar-refractivity contribution >= 4 is 11.6 Å². The topological polar surface area (TPSA) is 81.9 Å². The van der Waals surface area contributed by atoms with Gasteiger partial charge in [0.2, 0.25) is 0 Å². The van der Waals surface area contributed by atoms with Crippen molar-refractivity contribution < 1.29 is 19.2 Å². The highest BCUT2D eigenvalue weighted by atomic mass is 16.6. The number of nitrogens with zero attached hydrogens (tertiary/aromatic N) is 2. The molecule has 0 unspecified atom stereocenters. The Balaban J connectivity index is 2.11. The van der Waals surface area contributed by atoms with Gasteiger partial charge in [-0.15, -0.1) is 0 Å². The summed E-state index contributed by atoms with van der Waals surface area (Å²) in [6, 6.07) is 10.1. The average molecular weight is 358 g/mol. The smallest absolute Gasteiger partial charge is 0.273 e. The first-order valence-electron chi connectivity index (χ1n) is 8.09. The maximum Gasteiger partial charge on any atom is 0.273 e. The minimum atomic E-state index is -0.476. The molecule has 0 saturated carbocycles. The predicted octanol–water partition coefficient (Wildman–Crippen LogP) is 3.24. The largest absolute Gasteiger partial charge is 0.493 e. The first kappa shape index (κ1) is 19.2. The van der Waals surface area contributed by atoms with Gasteiger partial charge in [0.05, 0.1) is 19.1 Å². The van der Waals surface area contributed by atoms with E-state index >= 15 is 0 Å². The van der Waals surface area contributed by atoms with E-state index < -0.39 is 4.92 Å². The third-order valence-electron chi connectivity index (χ3n) is 4.26. The highest BCUT2D eigenvalue weighted by Gasteiger charge is 2.20. The van der Waals surface area contributed by atoms with E-state index in [1.165, 1.54) is 12.1 Å². The number of hydrogen-bond donors (Lipinski definition) is 0. The molecule has 2 rings (SSSR count). The summed E-state index contributed by atoms with van der Waals surface area (Å²) in [5.74, 6) is 1.04. The molecule has 0 N–H and O–H groups in total. The number of methoxy groups -OCH3 is 2. The van der Waals surface area contributed by atoms with Gasteiger partial charge in [-0.1, -0.05) is 12.1 Å². The zero-order valence-corrected chi connectivity index (χ0v) is 15.3. The Kier molecular flexibility index (Phi) is 6.16. The normalized spacial score (nSPS) is 10.3. The van der Waals surface area contributed by atoms with Crippen LogP contribution in [0.3, 0.4) is 0 Å². The van der Waals surface area contributed by atoms with Crippen molar-refractivity contribution in [2.24, 2.45) is 0 Å². The van der Waals surface area contributed by atoms with Gasteiger partial charge in [-0.2, -0.15) is 0 Å². The molecule has 0 spiro atoms. The summed E-state index contributed by atoms with van der Waals surface area (Å²) in [4.78, 5) is 24.8. The molecule has 1 amide bonds. The van der Waals surface area contributed by atoms with Crippen LogP contribution < -0.4 is 9.47 Å². The molecule has 7 heteroatoms. The lowest BCUT2D eigenvalue weighted by Gasteiger charge is -2.19. The summed E-state index contributed by atoms with van der Waals surface area (Å²) in [7, 11) is 4.83. The molecule has 0 aliphatic carbocycles. The molecule has 2 aromatic carbocycles. The van der Waals surface area contributed by atoms with E-state index in [1.807, 2.05) is 18.2 Å². The molecule has 0 heterocycles. The van der Waals surface area contributed by atoms with Crippen molar-refractivity contribution in [1.82, 2.24) is 4.90 Å². The zero-order valence-electron chi connectivity index (χ0n) is 15.3. The number of likely N-dealkylation sites (N-methyl/N-ethyl adjacent to an activating group) is 1. The monoisotopic (exact) mass is 358 g/mol. The number of carbonyl (C=O) groups excluding carboxylic acids is 1. The third kappa shape index (κ3) is 4.11. The number of amides is 1. The Labute approximate surface area is 152 Å². The molecule has 0 bridgehead atoms. The molecule has 2 aromatic rings. The summed E-state index contributed by atoms with van der Waals surface area (Å²) < 4.78 is 10.5. The molecule has 138 valence electrons. The molecule has 0 saturated heterocycles. The summed E-state index contributed by atoms with van der Waals surface area (Å²) in [5, 5.41) is 11.0. The highest BCUT2D eigenvalue weighted by Crippen LogP contribution is 2.28. The second-order valence-electron chi connectivity index (χ2n) is 5.87. The molecule has 0 atom stereocenters. The fourth-order valence-electron chi connectivity index (χ4n) is 2.69. The molecule has 0 radical (unpaired) electrons. The Morgan fingerprint density at radius 3 is 2.46 bits per heavy atom. The van der Waals surface area contributed by atoms with Gasteiger partial charge in [0.25, 0.3) is 11.6 Å². The van der Waals surface area contributed by atoms with Gasteiger partial charge in [0.1, 0.15) is 0 Å². The molecular weight excluding hydrogens is 336 g/mol. The van der Waals surface area contributed by atoms with E-state index in [2.05, 4.69) is 0 Å². The van der Waals surface area contributed by atoms with Crippen molar-refractivity contribution in [2.75, 3.05) is 27.8 Å². The molecule has 0 aromatic heterocycles. The molecular formula is C19H22N2O5. The minimum Gasteiger partial charge on any atom is -0.493 e. The van der Waals surface area contributed by atoms with Crippen LogP contribution in [0, 0.1) is 17.0 Å². The fourth-order valence-corrected chi connectivity index (χ4v) is 2.69. The Bertz CT molecular complexity index is 820. The zero-order chi connectivity index (χ0) is 19.3. The van der Waals surface area contributed by atoms with Crippen LogP contribution in [0.25, 0.3) is 0 Å². The van der Waals surface area contributed by atoms with Crippen molar-refractivity contribution in [3.05, 3.63) is 63.2 Å². The van der Waals surface area contributed by atoms with Crippen LogP contribution in [0.2, 0.25) is 0 Å². The second kappa shape index (κ2) is 8.33. The standard InChI is InChI=1S/C19H22N2O5/c1-13-15(6-5-7-16(13)21(23)24)19(22)20(2)11-10-14-8-9-17(25-3)18(12-14)26-4/h5-9,12H,10-11H2,1-4H3. The Morgan fingerprint density at radius 2 is 1.85 bits per heavy atom. The highest BCUT2D eigenvalue weighted by molar-refractivity contribution is 5.96. The van der Waals surface area contributed by atoms with Crippen molar-refractivity contribution in [2.45, 2.75) is 13.3 Å². The summed E-state index contributed by atoms with van der Waals surface area (Å²) >= 11 is 0. The lowest BCUT2D eigenvalue weighted by atomic mass is 10.1. The summed E-state index contributed by atoms with van der Waals surface area (Å²) in [5.41, 5.74) is 1.66. The van der Waals surface area contributed by atoms with E-state index in [0.29, 0.717) is 35.6 Å². The van der Waals surface area contributed by atoms with Crippen molar-refractivity contribution in [3.63, 3.8) is 0 Å². The molecule has 26 heavy (non-hydrogen) atoms. The number of benzene rings is 2. The maximum absolute atomic E-state index is 12.6. The van der Waals surface area contributed by atoms with Crippen molar-refractivity contribution in [3.8, 4) is 11.5 Å². The van der Waals surface area contributed by atoms with Gasteiger partial charge in [-0.05, 0) is 37.1 Å². The van der Waals surface area contributed by atoms with Crippen LogP contribution >= 0.6 is 0 Å². The SMILES string of the molecule is COc1ccc(CCN(C)C(=O)c2cccc([N+](=O)[O-])c2C)cc1OC. The van der Waals surface area contributed by atoms with E-state index in [4.69, 9.17) is 9.47 Å². The molecule has 0 fully saturated rings. The fraction of sp³-hybridized carbons (Fsp3) is 0.316. The second-order valence-corrected chi connectivity index (χ2v) is 5.87. The van der Waals surface area contributed by atoms with Crippen LogP contribution in [-0.2, 0) is 6.42 Å². The van der Waals surface area contributed by atoms with Crippen LogP contribution in [0.4, 0.5) is 5.69 Å². The van der Waals surface area contributed by atoms with Crippen LogP contribution in [0.15, 0.2) is 36.4 Å². The van der Waals surface area contributed by atoms with E-state index in [1.54, 1.807) is 39.2 Å². The number of nitro benzene ring substituents is 1. The van der Waals surface area contributed by atoms with E-state index in [-0.39, 0.29) is 11.6 Å². The predicted molar refractivity (Wildman–Crippen MR) is 98.0 cm³/mol. The first-order valence-corrected chi connectivity index (χ1v) is 8.09. The lowest BCUT2D eigenvalue weighted by molar-refractivity contribution is -0.385. The number of ether oxygens (including phenoxy) is 2. The minimum absolute atomic E-state index is 0.0517. The quantitative estimate of drug-likeness (QED) is 0.560. The van der Waals surface area contributed by atoms with E-state index in [0.717, 1.165) is 5.56 Å². The first-order chi connectivity index (χ1) is 12.4. The number of hydrogen-bond acceptors (Lipinski definition) is 5. The number of carbonyl (C=O) groups is 1. The van der Waals surface area contributed by atoms with Crippen LogP contribution in [-0.4, -0.2) is 43.5 Å².